The molecule has 0 spiro atoms. The summed E-state index contributed by atoms with van der Waals surface area (Å²) in [5, 5.41) is 5.03. The number of hydrogen-bond acceptors (Lipinski definition) is 1. The van der Waals surface area contributed by atoms with Gasteiger partial charge in [0.15, 0.2) is 0 Å². The van der Waals surface area contributed by atoms with Gasteiger partial charge in [-0.15, -0.1) is 0 Å². The van der Waals surface area contributed by atoms with Gasteiger partial charge in [-0.1, -0.05) is 131 Å². The summed E-state index contributed by atoms with van der Waals surface area (Å²) in [5.74, 6) is 0. The first kappa shape index (κ1) is 32.4. The second-order valence-electron chi connectivity index (χ2n) is 17.0. The van der Waals surface area contributed by atoms with Crippen LogP contribution in [-0.4, -0.2) is 9.13 Å². The lowest BCUT2D eigenvalue weighted by Crippen LogP contribution is -2.26. The van der Waals surface area contributed by atoms with Crippen molar-refractivity contribution in [3.8, 4) is 22.5 Å². The molecule has 1 aliphatic carbocycles. The van der Waals surface area contributed by atoms with E-state index in [0.29, 0.717) is 0 Å². The first-order valence-electron chi connectivity index (χ1n) is 20.1. The minimum atomic E-state index is -0.121. The molecule has 0 saturated carbocycles. The third-order valence-electron chi connectivity index (χ3n) is 13.3. The highest BCUT2D eigenvalue weighted by molar-refractivity contribution is 6.14. The Morgan fingerprint density at radius 3 is 1.72 bits per heavy atom. The van der Waals surface area contributed by atoms with Crippen LogP contribution in [0.1, 0.15) is 49.9 Å². The second-order valence-corrected chi connectivity index (χ2v) is 17.0. The minimum absolute atomic E-state index is 0.113. The number of aromatic nitrogens is 2. The second kappa shape index (κ2) is 11.4. The zero-order valence-electron chi connectivity index (χ0n) is 32.6. The SMILES string of the molecule is CC1(C)c2ccccc2-c2ccc(N(c3ccc4c(c3)c3ccccc3n4-c3ccccc3)c3ccc4c(c3)c3cccc5c3n4-c3ccccc3C5(C)C)cc21. The van der Waals surface area contributed by atoms with Crippen LogP contribution in [0.5, 0.6) is 0 Å². The molecule has 0 radical (unpaired) electrons. The average molecular weight is 732 g/mol. The standard InChI is InChI=1S/C54H41N3/c1-53(2)44-20-10-8-17-38(44)39-28-25-37(33-47(39)53)55(35-26-29-49-42(31-35)40-18-9-12-23-48(40)56(49)34-15-6-5-7-16-34)36-27-30-50-43(32-36)41-19-14-22-46-52(41)57(50)51-24-13-11-21-45(51)54(46,3)4/h5-33H,1-4H3. The normalized spacial score (nSPS) is 14.6. The molecule has 10 aromatic rings. The molecule has 2 aromatic heterocycles. The van der Waals surface area contributed by atoms with Gasteiger partial charge in [-0.25, -0.2) is 0 Å². The van der Waals surface area contributed by atoms with Crippen LogP contribution in [0.3, 0.4) is 0 Å². The fourth-order valence-corrected chi connectivity index (χ4v) is 10.5. The topological polar surface area (TPSA) is 13.1 Å². The van der Waals surface area contributed by atoms with Crippen molar-refractivity contribution >= 4 is 60.7 Å². The van der Waals surface area contributed by atoms with Crippen molar-refractivity contribution in [3.63, 3.8) is 0 Å². The van der Waals surface area contributed by atoms with E-state index in [-0.39, 0.29) is 10.8 Å². The number of hydrogen-bond donors (Lipinski definition) is 0. The molecular formula is C54H41N3. The van der Waals surface area contributed by atoms with Gasteiger partial charge >= 0.3 is 0 Å². The zero-order chi connectivity index (χ0) is 38.2. The molecule has 12 rings (SSSR count). The summed E-state index contributed by atoms with van der Waals surface area (Å²) in [4.78, 5) is 2.48. The summed E-state index contributed by atoms with van der Waals surface area (Å²) in [6.45, 7) is 9.48. The third kappa shape index (κ3) is 4.32. The molecule has 2 aliphatic rings. The van der Waals surface area contributed by atoms with Crippen molar-refractivity contribution in [1.29, 1.82) is 0 Å². The molecule has 0 N–H and O–H groups in total. The van der Waals surface area contributed by atoms with E-state index < -0.39 is 0 Å². The van der Waals surface area contributed by atoms with E-state index in [1.165, 1.54) is 82.7 Å². The molecule has 3 heterocycles. The van der Waals surface area contributed by atoms with Gasteiger partial charge < -0.3 is 14.0 Å². The zero-order valence-corrected chi connectivity index (χ0v) is 32.6. The van der Waals surface area contributed by atoms with Crippen LogP contribution in [0.2, 0.25) is 0 Å². The molecule has 8 aromatic carbocycles. The van der Waals surface area contributed by atoms with E-state index in [1.807, 2.05) is 0 Å². The molecule has 0 amide bonds. The lowest BCUT2D eigenvalue weighted by molar-refractivity contribution is 0.630. The molecule has 1 aliphatic heterocycles. The van der Waals surface area contributed by atoms with E-state index >= 15 is 0 Å². The third-order valence-corrected chi connectivity index (χ3v) is 13.3. The molecule has 3 heteroatoms. The predicted octanol–water partition coefficient (Wildman–Crippen LogP) is 14.3. The number of nitrogens with zero attached hydrogens (tertiary/aromatic N) is 3. The fraction of sp³-hybridized carbons (Fsp3) is 0.111. The molecule has 0 saturated heterocycles. The van der Waals surface area contributed by atoms with Crippen LogP contribution in [0.25, 0.3) is 66.1 Å². The van der Waals surface area contributed by atoms with Crippen molar-refractivity contribution in [2.45, 2.75) is 38.5 Å². The van der Waals surface area contributed by atoms with Gasteiger partial charge in [0.1, 0.15) is 0 Å². The van der Waals surface area contributed by atoms with Crippen LogP contribution in [0, 0.1) is 0 Å². The molecular weight excluding hydrogens is 691 g/mol. The molecule has 0 fully saturated rings. The van der Waals surface area contributed by atoms with Gasteiger partial charge in [0.05, 0.1) is 27.8 Å². The predicted molar refractivity (Wildman–Crippen MR) is 239 cm³/mol. The number of rotatable bonds is 4. The van der Waals surface area contributed by atoms with Gasteiger partial charge in [-0.3, -0.25) is 0 Å². The highest BCUT2D eigenvalue weighted by Gasteiger charge is 2.37. The van der Waals surface area contributed by atoms with Crippen LogP contribution >= 0.6 is 0 Å². The van der Waals surface area contributed by atoms with Crippen molar-refractivity contribution in [2.24, 2.45) is 0 Å². The fourth-order valence-electron chi connectivity index (χ4n) is 10.5. The highest BCUT2D eigenvalue weighted by atomic mass is 15.1. The molecule has 0 unspecified atom stereocenters. The van der Waals surface area contributed by atoms with E-state index in [4.69, 9.17) is 0 Å². The van der Waals surface area contributed by atoms with Crippen molar-refractivity contribution in [1.82, 2.24) is 9.13 Å². The Morgan fingerprint density at radius 1 is 0.368 bits per heavy atom. The summed E-state index contributed by atoms with van der Waals surface area (Å²) >= 11 is 0. The Bertz CT molecular complexity index is 3300. The Balaban J connectivity index is 1.13. The Morgan fingerprint density at radius 2 is 0.912 bits per heavy atom. The van der Waals surface area contributed by atoms with E-state index in [0.717, 1.165) is 22.7 Å². The van der Waals surface area contributed by atoms with Gasteiger partial charge in [0.25, 0.3) is 0 Å². The Hall–Kier alpha value is -6.84. The number of benzene rings is 8. The maximum absolute atomic E-state index is 2.51. The quantitative estimate of drug-likeness (QED) is 0.176. The summed E-state index contributed by atoms with van der Waals surface area (Å²) in [6, 6.07) is 65.6. The van der Waals surface area contributed by atoms with Crippen molar-refractivity contribution in [3.05, 3.63) is 198 Å². The van der Waals surface area contributed by atoms with Gasteiger partial charge in [0.2, 0.25) is 0 Å². The number of anilines is 3. The number of para-hydroxylation sites is 4. The van der Waals surface area contributed by atoms with Crippen LogP contribution in [-0.2, 0) is 10.8 Å². The minimum Gasteiger partial charge on any atom is -0.310 e. The largest absolute Gasteiger partial charge is 0.310 e. The maximum atomic E-state index is 2.51. The van der Waals surface area contributed by atoms with Gasteiger partial charge in [0, 0.05) is 55.1 Å². The van der Waals surface area contributed by atoms with E-state index in [2.05, 4.69) is 218 Å². The van der Waals surface area contributed by atoms with Gasteiger partial charge in [-0.05, 0) is 106 Å². The summed E-state index contributed by atoms with van der Waals surface area (Å²) in [7, 11) is 0. The molecule has 0 atom stereocenters. The van der Waals surface area contributed by atoms with E-state index in [9.17, 15) is 0 Å². The molecule has 272 valence electrons. The Kier molecular flexibility index (Phi) is 6.46. The molecule has 3 nitrogen and oxygen atoms in total. The van der Waals surface area contributed by atoms with Crippen LogP contribution in [0.4, 0.5) is 17.1 Å². The lowest BCUT2D eigenvalue weighted by atomic mass is 9.75. The monoisotopic (exact) mass is 731 g/mol. The molecule has 57 heavy (non-hydrogen) atoms. The average Bonchev–Trinajstić information content (AvgIpc) is 3.84. The highest BCUT2D eigenvalue weighted by Crippen LogP contribution is 2.52. The van der Waals surface area contributed by atoms with Crippen LogP contribution < -0.4 is 4.90 Å². The summed E-state index contributed by atoms with van der Waals surface area (Å²) < 4.78 is 4.90. The smallest absolute Gasteiger partial charge is 0.0582 e. The first-order valence-corrected chi connectivity index (χ1v) is 20.1. The summed E-state index contributed by atoms with van der Waals surface area (Å²) in [6.07, 6.45) is 0. The van der Waals surface area contributed by atoms with Crippen molar-refractivity contribution in [2.75, 3.05) is 4.90 Å². The molecule has 0 bridgehead atoms. The lowest BCUT2D eigenvalue weighted by Gasteiger charge is -2.34. The Labute approximate surface area is 332 Å². The van der Waals surface area contributed by atoms with Gasteiger partial charge in [-0.2, -0.15) is 0 Å². The van der Waals surface area contributed by atoms with Crippen LogP contribution in [0.15, 0.2) is 176 Å². The van der Waals surface area contributed by atoms with E-state index in [1.54, 1.807) is 0 Å². The first-order chi connectivity index (χ1) is 27.8. The number of fused-ring (bicyclic) bond motifs is 11. The maximum Gasteiger partial charge on any atom is 0.0582 e. The summed E-state index contributed by atoms with van der Waals surface area (Å²) in [5.41, 5.74) is 18.7. The van der Waals surface area contributed by atoms with Crippen molar-refractivity contribution < 1.29 is 0 Å².